The van der Waals surface area contributed by atoms with Gasteiger partial charge in [-0.05, 0) is 31.7 Å². The lowest BCUT2D eigenvalue weighted by molar-refractivity contribution is -0.133. The van der Waals surface area contributed by atoms with Crippen LogP contribution in [-0.4, -0.2) is 52.8 Å². The first-order valence-corrected chi connectivity index (χ1v) is 10.9. The maximum Gasteiger partial charge on any atom is 0.223 e. The molecule has 0 radical (unpaired) electrons. The summed E-state index contributed by atoms with van der Waals surface area (Å²) in [4.78, 5) is 29.2. The van der Waals surface area contributed by atoms with Crippen LogP contribution in [0.2, 0.25) is 0 Å². The van der Waals surface area contributed by atoms with Crippen LogP contribution in [0.15, 0.2) is 28.8 Å². The zero-order chi connectivity index (χ0) is 21.7. The second kappa shape index (κ2) is 10.0. The summed E-state index contributed by atoms with van der Waals surface area (Å²) < 4.78 is 5.24. The van der Waals surface area contributed by atoms with Gasteiger partial charge >= 0.3 is 0 Å². The molecule has 6 heteroatoms. The van der Waals surface area contributed by atoms with Crippen LogP contribution >= 0.6 is 0 Å². The highest BCUT2D eigenvalue weighted by molar-refractivity contribution is 5.98. The molecule has 0 atom stereocenters. The molecule has 1 aliphatic rings. The molecule has 3 rings (SSSR count). The molecule has 1 saturated heterocycles. The molecule has 1 aliphatic heterocycles. The van der Waals surface area contributed by atoms with Gasteiger partial charge in [-0.25, -0.2) is 0 Å². The number of hydrogen-bond acceptors (Lipinski definition) is 5. The molecule has 0 unspecified atom stereocenters. The number of rotatable bonds is 8. The van der Waals surface area contributed by atoms with Gasteiger partial charge in [-0.3, -0.25) is 14.5 Å². The number of benzene rings is 1. The molecule has 2 heterocycles. The fraction of sp³-hybridized carbons (Fsp3) is 0.542. The number of Topliss-reactive ketones (excluding diaryl/α,β-unsaturated/α-hetero) is 1. The lowest BCUT2D eigenvalue weighted by Crippen LogP contribution is -2.48. The third-order valence-corrected chi connectivity index (χ3v) is 5.77. The predicted octanol–water partition coefficient (Wildman–Crippen LogP) is 3.80. The van der Waals surface area contributed by atoms with E-state index < -0.39 is 0 Å². The van der Waals surface area contributed by atoms with E-state index in [0.29, 0.717) is 24.6 Å². The van der Waals surface area contributed by atoms with Gasteiger partial charge in [0.2, 0.25) is 5.91 Å². The predicted molar refractivity (Wildman–Crippen MR) is 116 cm³/mol. The SMILES string of the molecule is Cc1noc(C)c1CN1CCN(C(=O)CCC(=O)c2ccc(CC(C)C)cc2)CC1. The van der Waals surface area contributed by atoms with Gasteiger partial charge in [0.1, 0.15) is 5.76 Å². The Labute approximate surface area is 179 Å². The summed E-state index contributed by atoms with van der Waals surface area (Å²) in [5, 5.41) is 4.01. The summed E-state index contributed by atoms with van der Waals surface area (Å²) in [5.74, 6) is 1.56. The van der Waals surface area contributed by atoms with Gasteiger partial charge in [-0.2, -0.15) is 0 Å². The lowest BCUT2D eigenvalue weighted by Gasteiger charge is -2.34. The Kier molecular flexibility index (Phi) is 7.43. The molecule has 0 aliphatic carbocycles. The Bertz CT molecular complexity index is 843. The van der Waals surface area contributed by atoms with Crippen molar-refractivity contribution in [1.82, 2.24) is 15.0 Å². The lowest BCUT2D eigenvalue weighted by atomic mass is 9.99. The van der Waals surface area contributed by atoms with Gasteiger partial charge in [0, 0.05) is 56.7 Å². The van der Waals surface area contributed by atoms with Crippen molar-refractivity contribution >= 4 is 11.7 Å². The molecule has 6 nitrogen and oxygen atoms in total. The van der Waals surface area contributed by atoms with E-state index in [2.05, 4.69) is 23.9 Å². The number of piperazine rings is 1. The summed E-state index contributed by atoms with van der Waals surface area (Å²) in [6.45, 7) is 12.1. The van der Waals surface area contributed by atoms with Crippen molar-refractivity contribution in [3.8, 4) is 0 Å². The Hall–Kier alpha value is -2.47. The Morgan fingerprint density at radius 3 is 2.27 bits per heavy atom. The average Bonchev–Trinajstić information content (AvgIpc) is 3.04. The van der Waals surface area contributed by atoms with Crippen molar-refractivity contribution in [1.29, 1.82) is 0 Å². The minimum atomic E-state index is 0.0384. The van der Waals surface area contributed by atoms with E-state index in [4.69, 9.17) is 4.52 Å². The van der Waals surface area contributed by atoms with Crippen molar-refractivity contribution < 1.29 is 14.1 Å². The molecule has 0 spiro atoms. The maximum atomic E-state index is 12.6. The van der Waals surface area contributed by atoms with Crippen molar-refractivity contribution in [3.63, 3.8) is 0 Å². The second-order valence-electron chi connectivity index (χ2n) is 8.68. The average molecular weight is 412 g/mol. The highest BCUT2D eigenvalue weighted by atomic mass is 16.5. The maximum absolute atomic E-state index is 12.6. The van der Waals surface area contributed by atoms with Crippen molar-refractivity contribution in [2.24, 2.45) is 5.92 Å². The van der Waals surface area contributed by atoms with E-state index >= 15 is 0 Å². The number of aromatic nitrogens is 1. The molecule has 30 heavy (non-hydrogen) atoms. The van der Waals surface area contributed by atoms with Crippen molar-refractivity contribution in [3.05, 3.63) is 52.4 Å². The molecule has 162 valence electrons. The molecule has 1 amide bonds. The van der Waals surface area contributed by atoms with Gasteiger partial charge in [0.15, 0.2) is 5.78 Å². The number of aryl methyl sites for hydroxylation is 2. The topological polar surface area (TPSA) is 66.7 Å². The van der Waals surface area contributed by atoms with Crippen LogP contribution in [0.4, 0.5) is 0 Å². The Balaban J connectivity index is 1.43. The fourth-order valence-corrected chi connectivity index (χ4v) is 3.93. The van der Waals surface area contributed by atoms with Gasteiger partial charge in [-0.15, -0.1) is 0 Å². The van der Waals surface area contributed by atoms with Crippen LogP contribution in [0.5, 0.6) is 0 Å². The van der Waals surface area contributed by atoms with E-state index in [0.717, 1.165) is 43.1 Å². The Morgan fingerprint density at radius 2 is 1.70 bits per heavy atom. The highest BCUT2D eigenvalue weighted by Gasteiger charge is 2.23. The van der Waals surface area contributed by atoms with Crippen LogP contribution in [0.1, 0.15) is 59.6 Å². The first kappa shape index (κ1) is 22.2. The number of carbonyl (C=O) groups excluding carboxylic acids is 2. The smallest absolute Gasteiger partial charge is 0.223 e. The summed E-state index contributed by atoms with van der Waals surface area (Å²) in [6, 6.07) is 7.82. The van der Waals surface area contributed by atoms with Crippen molar-refractivity contribution in [2.45, 2.75) is 53.5 Å². The zero-order valence-electron chi connectivity index (χ0n) is 18.6. The summed E-state index contributed by atoms with van der Waals surface area (Å²) in [7, 11) is 0. The summed E-state index contributed by atoms with van der Waals surface area (Å²) in [6.07, 6.45) is 1.55. The summed E-state index contributed by atoms with van der Waals surface area (Å²) in [5.41, 5.74) is 4.01. The molecule has 1 aromatic heterocycles. The van der Waals surface area contributed by atoms with E-state index in [9.17, 15) is 9.59 Å². The second-order valence-corrected chi connectivity index (χ2v) is 8.68. The molecule has 1 aromatic carbocycles. The van der Waals surface area contributed by atoms with Crippen LogP contribution in [0.3, 0.4) is 0 Å². The fourth-order valence-electron chi connectivity index (χ4n) is 3.93. The minimum Gasteiger partial charge on any atom is -0.361 e. The minimum absolute atomic E-state index is 0.0384. The number of carbonyl (C=O) groups is 2. The number of ketones is 1. The number of nitrogens with zero attached hydrogens (tertiary/aromatic N) is 3. The number of hydrogen-bond donors (Lipinski definition) is 0. The highest BCUT2D eigenvalue weighted by Crippen LogP contribution is 2.17. The normalized spacial score (nSPS) is 15.0. The third-order valence-electron chi connectivity index (χ3n) is 5.77. The zero-order valence-corrected chi connectivity index (χ0v) is 18.6. The van der Waals surface area contributed by atoms with Gasteiger partial charge in [0.05, 0.1) is 5.69 Å². The van der Waals surface area contributed by atoms with E-state index in [1.165, 1.54) is 5.56 Å². The summed E-state index contributed by atoms with van der Waals surface area (Å²) >= 11 is 0. The standard InChI is InChI=1S/C24H33N3O3/c1-17(2)15-20-5-7-21(8-6-20)23(28)9-10-24(29)27-13-11-26(12-14-27)16-22-18(3)25-30-19(22)4/h5-8,17H,9-16H2,1-4H3. The third kappa shape index (κ3) is 5.79. The van der Waals surface area contributed by atoms with Crippen LogP contribution in [-0.2, 0) is 17.8 Å². The Morgan fingerprint density at radius 1 is 1.03 bits per heavy atom. The first-order chi connectivity index (χ1) is 14.3. The molecule has 0 saturated carbocycles. The monoisotopic (exact) mass is 411 g/mol. The molecular weight excluding hydrogens is 378 g/mol. The molecule has 0 N–H and O–H groups in total. The van der Waals surface area contributed by atoms with E-state index in [-0.39, 0.29) is 24.5 Å². The van der Waals surface area contributed by atoms with Gasteiger partial charge < -0.3 is 9.42 Å². The molecule has 2 aromatic rings. The van der Waals surface area contributed by atoms with E-state index in [1.807, 2.05) is 43.0 Å². The molecular formula is C24H33N3O3. The first-order valence-electron chi connectivity index (χ1n) is 10.9. The van der Waals surface area contributed by atoms with Crippen LogP contribution in [0.25, 0.3) is 0 Å². The van der Waals surface area contributed by atoms with Crippen LogP contribution in [0, 0.1) is 19.8 Å². The van der Waals surface area contributed by atoms with Gasteiger partial charge in [0.25, 0.3) is 0 Å². The van der Waals surface area contributed by atoms with Crippen LogP contribution < -0.4 is 0 Å². The largest absolute Gasteiger partial charge is 0.361 e. The van der Waals surface area contributed by atoms with Crippen molar-refractivity contribution in [2.75, 3.05) is 26.2 Å². The van der Waals surface area contributed by atoms with E-state index in [1.54, 1.807) is 0 Å². The quantitative estimate of drug-likeness (QED) is 0.618. The van der Waals surface area contributed by atoms with Gasteiger partial charge in [-0.1, -0.05) is 43.3 Å². The molecule has 0 bridgehead atoms. The number of amides is 1. The molecule has 1 fully saturated rings.